The molecule has 1 aliphatic carbocycles. The number of halogens is 1. The normalized spacial score (nSPS) is 14.0. The Hall–Kier alpha value is -1.50. The molecular weight excluding hydrogens is 344 g/mol. The van der Waals surface area contributed by atoms with E-state index in [1.54, 1.807) is 14.2 Å². The molecule has 1 aliphatic rings. The maximum Gasteiger partial charge on any atom is 0.234 e. The lowest BCUT2D eigenvalue weighted by Crippen LogP contribution is -2.34. The molecule has 0 bridgehead atoms. The SMILES string of the molecule is COCCNCC(=O)NCc1ccc(OC)c(OC2CCCC2)c1.Cl. The topological polar surface area (TPSA) is 68.8 Å². The molecule has 25 heavy (non-hydrogen) atoms. The summed E-state index contributed by atoms with van der Waals surface area (Å²) in [6.07, 6.45) is 4.90. The van der Waals surface area contributed by atoms with Gasteiger partial charge in [0.05, 0.1) is 26.4 Å². The van der Waals surface area contributed by atoms with Crippen molar-refractivity contribution in [2.45, 2.75) is 38.3 Å². The van der Waals surface area contributed by atoms with Crippen LogP contribution in [0.4, 0.5) is 0 Å². The summed E-state index contributed by atoms with van der Waals surface area (Å²) in [7, 11) is 3.28. The third-order valence-corrected chi connectivity index (χ3v) is 4.08. The van der Waals surface area contributed by atoms with Crippen molar-refractivity contribution in [3.63, 3.8) is 0 Å². The molecule has 0 heterocycles. The summed E-state index contributed by atoms with van der Waals surface area (Å²) in [4.78, 5) is 11.8. The molecule has 0 aromatic heterocycles. The van der Waals surface area contributed by atoms with E-state index in [1.807, 2.05) is 18.2 Å². The van der Waals surface area contributed by atoms with Gasteiger partial charge in [-0.25, -0.2) is 0 Å². The molecule has 7 heteroatoms. The van der Waals surface area contributed by atoms with Crippen molar-refractivity contribution in [1.29, 1.82) is 0 Å². The Morgan fingerprint density at radius 2 is 1.96 bits per heavy atom. The molecule has 0 radical (unpaired) electrons. The van der Waals surface area contributed by atoms with Gasteiger partial charge in [-0.1, -0.05) is 6.07 Å². The molecular formula is C18H29ClN2O4. The Balaban J connectivity index is 0.00000312. The van der Waals surface area contributed by atoms with Gasteiger partial charge in [0.25, 0.3) is 0 Å². The molecule has 1 aromatic carbocycles. The van der Waals surface area contributed by atoms with Crippen LogP contribution in [0.1, 0.15) is 31.2 Å². The van der Waals surface area contributed by atoms with E-state index in [4.69, 9.17) is 14.2 Å². The summed E-state index contributed by atoms with van der Waals surface area (Å²) in [6, 6.07) is 5.79. The maximum absolute atomic E-state index is 11.8. The van der Waals surface area contributed by atoms with Crippen LogP contribution < -0.4 is 20.1 Å². The Bertz CT molecular complexity index is 522. The lowest BCUT2D eigenvalue weighted by Gasteiger charge is -2.17. The van der Waals surface area contributed by atoms with Crippen molar-refractivity contribution in [2.75, 3.05) is 33.9 Å². The molecule has 1 aromatic rings. The van der Waals surface area contributed by atoms with E-state index >= 15 is 0 Å². The zero-order valence-electron chi connectivity index (χ0n) is 15.0. The van der Waals surface area contributed by atoms with Gasteiger partial charge >= 0.3 is 0 Å². The van der Waals surface area contributed by atoms with Gasteiger partial charge in [-0.05, 0) is 43.4 Å². The van der Waals surface area contributed by atoms with Crippen LogP contribution in [0.5, 0.6) is 11.5 Å². The van der Waals surface area contributed by atoms with Crippen LogP contribution >= 0.6 is 12.4 Å². The van der Waals surface area contributed by atoms with Gasteiger partial charge in [0.15, 0.2) is 11.5 Å². The van der Waals surface area contributed by atoms with Gasteiger partial charge in [0.1, 0.15) is 0 Å². The number of rotatable bonds is 10. The Morgan fingerprint density at radius 3 is 2.64 bits per heavy atom. The fraction of sp³-hybridized carbons (Fsp3) is 0.611. The van der Waals surface area contributed by atoms with Crippen LogP contribution in [0, 0.1) is 0 Å². The number of carbonyl (C=O) groups excluding carboxylic acids is 1. The van der Waals surface area contributed by atoms with Crippen molar-refractivity contribution < 1.29 is 19.0 Å². The fourth-order valence-corrected chi connectivity index (χ4v) is 2.75. The van der Waals surface area contributed by atoms with Crippen molar-refractivity contribution in [3.8, 4) is 11.5 Å². The van der Waals surface area contributed by atoms with Crippen LogP contribution in [0.25, 0.3) is 0 Å². The third-order valence-electron chi connectivity index (χ3n) is 4.08. The van der Waals surface area contributed by atoms with Crippen LogP contribution in [-0.4, -0.2) is 45.9 Å². The number of ether oxygens (including phenoxy) is 3. The van der Waals surface area contributed by atoms with Gasteiger partial charge in [0, 0.05) is 20.2 Å². The molecule has 2 N–H and O–H groups in total. The molecule has 142 valence electrons. The number of nitrogens with one attached hydrogen (secondary N) is 2. The maximum atomic E-state index is 11.8. The van der Waals surface area contributed by atoms with Gasteiger partial charge in [-0.15, -0.1) is 12.4 Å². The van der Waals surface area contributed by atoms with E-state index in [9.17, 15) is 4.79 Å². The lowest BCUT2D eigenvalue weighted by atomic mass is 10.2. The van der Waals surface area contributed by atoms with Crippen LogP contribution in [0.15, 0.2) is 18.2 Å². The number of methoxy groups -OCH3 is 2. The van der Waals surface area contributed by atoms with Gasteiger partial charge in [0.2, 0.25) is 5.91 Å². The Morgan fingerprint density at radius 1 is 1.20 bits per heavy atom. The summed E-state index contributed by atoms with van der Waals surface area (Å²) in [5.41, 5.74) is 0.994. The Kier molecular flexibility index (Phi) is 10.3. The number of carbonyl (C=O) groups is 1. The molecule has 1 saturated carbocycles. The fourth-order valence-electron chi connectivity index (χ4n) is 2.75. The average Bonchev–Trinajstić information content (AvgIpc) is 3.10. The molecule has 0 saturated heterocycles. The van der Waals surface area contributed by atoms with E-state index in [0.717, 1.165) is 29.9 Å². The lowest BCUT2D eigenvalue weighted by molar-refractivity contribution is -0.120. The predicted octanol–water partition coefficient (Wildman–Crippen LogP) is 2.29. The van der Waals surface area contributed by atoms with Crippen molar-refractivity contribution in [1.82, 2.24) is 10.6 Å². The molecule has 1 amide bonds. The molecule has 2 rings (SSSR count). The second-order valence-corrected chi connectivity index (χ2v) is 5.96. The molecule has 6 nitrogen and oxygen atoms in total. The minimum atomic E-state index is -0.0415. The number of amides is 1. The van der Waals surface area contributed by atoms with Crippen molar-refractivity contribution in [2.24, 2.45) is 0 Å². The summed E-state index contributed by atoms with van der Waals surface area (Å²) >= 11 is 0. The standard InChI is InChI=1S/C18H28N2O4.ClH/c1-22-10-9-19-13-18(21)20-12-14-7-8-16(23-2)17(11-14)24-15-5-3-4-6-15;/h7-8,11,15,19H,3-6,9-10,12-13H2,1-2H3,(H,20,21);1H. The highest BCUT2D eigenvalue weighted by atomic mass is 35.5. The number of hydrogen-bond donors (Lipinski definition) is 2. The van der Waals surface area contributed by atoms with Crippen molar-refractivity contribution >= 4 is 18.3 Å². The van der Waals surface area contributed by atoms with Gasteiger partial charge in [-0.3, -0.25) is 4.79 Å². The van der Waals surface area contributed by atoms with Gasteiger partial charge in [-0.2, -0.15) is 0 Å². The van der Waals surface area contributed by atoms with E-state index in [1.165, 1.54) is 12.8 Å². The quantitative estimate of drug-likeness (QED) is 0.617. The first kappa shape index (κ1) is 21.5. The average molecular weight is 373 g/mol. The molecule has 0 atom stereocenters. The molecule has 0 aliphatic heterocycles. The second-order valence-electron chi connectivity index (χ2n) is 5.96. The van der Waals surface area contributed by atoms with E-state index < -0.39 is 0 Å². The minimum Gasteiger partial charge on any atom is -0.493 e. The number of hydrogen-bond acceptors (Lipinski definition) is 5. The van der Waals surface area contributed by atoms with E-state index in [0.29, 0.717) is 19.7 Å². The van der Waals surface area contributed by atoms with Crippen LogP contribution in [0.2, 0.25) is 0 Å². The minimum absolute atomic E-state index is 0. The molecule has 0 unspecified atom stereocenters. The highest BCUT2D eigenvalue weighted by molar-refractivity contribution is 5.85. The molecule has 0 spiro atoms. The highest BCUT2D eigenvalue weighted by Crippen LogP contribution is 2.32. The monoisotopic (exact) mass is 372 g/mol. The van der Waals surface area contributed by atoms with E-state index in [2.05, 4.69) is 10.6 Å². The summed E-state index contributed by atoms with van der Waals surface area (Å²) in [5.74, 6) is 1.45. The summed E-state index contributed by atoms with van der Waals surface area (Å²) < 4.78 is 16.4. The smallest absolute Gasteiger partial charge is 0.234 e. The predicted molar refractivity (Wildman–Crippen MR) is 99.7 cm³/mol. The zero-order valence-corrected chi connectivity index (χ0v) is 15.8. The van der Waals surface area contributed by atoms with Crippen LogP contribution in [0.3, 0.4) is 0 Å². The van der Waals surface area contributed by atoms with Crippen LogP contribution in [-0.2, 0) is 16.1 Å². The third kappa shape index (κ3) is 7.50. The summed E-state index contributed by atoms with van der Waals surface area (Å²) in [5, 5.41) is 5.91. The van der Waals surface area contributed by atoms with Gasteiger partial charge < -0.3 is 24.8 Å². The first-order valence-corrected chi connectivity index (χ1v) is 8.53. The molecule has 1 fully saturated rings. The Labute approximate surface area is 156 Å². The van der Waals surface area contributed by atoms with E-state index in [-0.39, 0.29) is 31.0 Å². The largest absolute Gasteiger partial charge is 0.493 e. The number of benzene rings is 1. The summed E-state index contributed by atoms with van der Waals surface area (Å²) in [6.45, 7) is 2.00. The highest BCUT2D eigenvalue weighted by Gasteiger charge is 2.18. The second kappa shape index (κ2) is 12.0. The van der Waals surface area contributed by atoms with Crippen molar-refractivity contribution in [3.05, 3.63) is 23.8 Å². The zero-order chi connectivity index (χ0) is 17.2. The first-order valence-electron chi connectivity index (χ1n) is 8.53. The first-order chi connectivity index (χ1) is 11.7.